The molecule has 0 fully saturated rings. The summed E-state index contributed by atoms with van der Waals surface area (Å²) in [6, 6.07) is 8.97. The maximum atomic E-state index is 12.3. The second kappa shape index (κ2) is 5.61. The zero-order valence-corrected chi connectivity index (χ0v) is 12.9. The molecule has 0 radical (unpaired) electrons. The number of nitrogens with one attached hydrogen (secondary N) is 1. The van der Waals surface area contributed by atoms with E-state index >= 15 is 0 Å². The van der Waals surface area contributed by atoms with Crippen molar-refractivity contribution in [3.8, 4) is 11.9 Å². The average Bonchev–Trinajstić information content (AvgIpc) is 2.87. The van der Waals surface area contributed by atoms with Gasteiger partial charge in [0.25, 0.3) is 5.56 Å². The Morgan fingerprint density at radius 3 is 2.61 bits per heavy atom. The molecule has 2 heterocycles. The Morgan fingerprint density at radius 2 is 2.00 bits per heavy atom. The molecule has 2 N–H and O–H groups in total. The van der Waals surface area contributed by atoms with Gasteiger partial charge < -0.3 is 10.1 Å². The van der Waals surface area contributed by atoms with Crippen LogP contribution in [-0.4, -0.2) is 19.7 Å². The van der Waals surface area contributed by atoms with Crippen LogP contribution in [0.2, 0.25) is 0 Å². The first kappa shape index (κ1) is 14.9. The van der Waals surface area contributed by atoms with Crippen LogP contribution < -0.4 is 5.56 Å². The second-order valence-electron chi connectivity index (χ2n) is 5.42. The fourth-order valence-corrected chi connectivity index (χ4v) is 2.74. The predicted octanol–water partition coefficient (Wildman–Crippen LogP) is 2.06. The lowest BCUT2D eigenvalue weighted by atomic mass is 10.1. The van der Waals surface area contributed by atoms with Crippen molar-refractivity contribution in [2.24, 2.45) is 0 Å². The van der Waals surface area contributed by atoms with Crippen LogP contribution in [0.5, 0.6) is 5.88 Å². The zero-order valence-electron chi connectivity index (χ0n) is 12.9. The van der Waals surface area contributed by atoms with Gasteiger partial charge in [0.2, 0.25) is 5.88 Å². The van der Waals surface area contributed by atoms with E-state index in [9.17, 15) is 9.90 Å². The molecule has 0 aliphatic rings. The molecule has 0 saturated carbocycles. The molecule has 0 amide bonds. The van der Waals surface area contributed by atoms with Crippen molar-refractivity contribution in [2.45, 2.75) is 26.7 Å². The summed E-state index contributed by atoms with van der Waals surface area (Å²) in [6.45, 7) is 3.83. The first-order chi connectivity index (χ1) is 11.0. The summed E-state index contributed by atoms with van der Waals surface area (Å²) >= 11 is 0. The highest BCUT2D eigenvalue weighted by Crippen LogP contribution is 2.21. The lowest BCUT2D eigenvalue weighted by Gasteiger charge is -2.06. The summed E-state index contributed by atoms with van der Waals surface area (Å²) in [5, 5.41) is 23.6. The molecule has 0 bridgehead atoms. The van der Waals surface area contributed by atoms with Crippen LogP contribution in [0.4, 0.5) is 0 Å². The van der Waals surface area contributed by atoms with Gasteiger partial charge in [-0.25, -0.2) is 0 Å². The van der Waals surface area contributed by atoms with Crippen LogP contribution >= 0.6 is 0 Å². The highest BCUT2D eigenvalue weighted by atomic mass is 16.3. The number of hydrogen-bond acceptors (Lipinski definition) is 4. The number of aryl methyl sites for hydroxylation is 2. The Labute approximate surface area is 132 Å². The van der Waals surface area contributed by atoms with Gasteiger partial charge in [-0.05, 0) is 31.0 Å². The molecular formula is C17H16N4O2. The van der Waals surface area contributed by atoms with Crippen LogP contribution in [0.15, 0.2) is 29.1 Å². The van der Waals surface area contributed by atoms with Crippen molar-refractivity contribution < 1.29 is 5.11 Å². The summed E-state index contributed by atoms with van der Waals surface area (Å²) in [6.07, 6.45) is 0.989. The van der Waals surface area contributed by atoms with Crippen LogP contribution in [0.1, 0.15) is 34.9 Å². The van der Waals surface area contributed by atoms with Crippen molar-refractivity contribution in [3.63, 3.8) is 0 Å². The molecule has 6 nitrogen and oxygen atoms in total. The van der Waals surface area contributed by atoms with E-state index in [4.69, 9.17) is 5.26 Å². The smallest absolute Gasteiger partial charge is 0.258 e. The van der Waals surface area contributed by atoms with Crippen LogP contribution in [0.25, 0.3) is 5.65 Å². The van der Waals surface area contributed by atoms with Gasteiger partial charge in [0, 0.05) is 12.0 Å². The standard InChI is InChI=1S/C17H16N4O2/c1-3-13-10(2)20-21-15(13)19-16(22)14(17(21)23)8-11-4-6-12(9-18)7-5-11/h4-7,23H,3,8H2,1-2H3,(H,19,22). The third-order valence-corrected chi connectivity index (χ3v) is 3.98. The molecule has 0 aliphatic carbocycles. The molecule has 3 aromatic rings. The number of hydrogen-bond donors (Lipinski definition) is 2. The Hall–Kier alpha value is -3.07. The van der Waals surface area contributed by atoms with Crippen LogP contribution in [0.3, 0.4) is 0 Å². The molecule has 0 spiro atoms. The molecule has 1 aromatic carbocycles. The highest BCUT2D eigenvalue weighted by Gasteiger charge is 2.17. The summed E-state index contributed by atoms with van der Waals surface area (Å²) in [7, 11) is 0. The molecule has 6 heteroatoms. The Bertz CT molecular complexity index is 975. The number of benzene rings is 1. The minimum Gasteiger partial charge on any atom is -0.493 e. The maximum absolute atomic E-state index is 12.3. The van der Waals surface area contributed by atoms with E-state index in [0.29, 0.717) is 11.2 Å². The van der Waals surface area contributed by atoms with E-state index in [0.717, 1.165) is 23.2 Å². The van der Waals surface area contributed by atoms with Crippen LogP contribution in [0, 0.1) is 18.3 Å². The van der Waals surface area contributed by atoms with E-state index < -0.39 is 0 Å². The molecule has 0 unspecified atom stereocenters. The summed E-state index contributed by atoms with van der Waals surface area (Å²) in [4.78, 5) is 15.2. The third-order valence-electron chi connectivity index (χ3n) is 3.98. The van der Waals surface area contributed by atoms with Crippen molar-refractivity contribution in [3.05, 3.63) is 62.6 Å². The zero-order chi connectivity index (χ0) is 16.6. The van der Waals surface area contributed by atoms with Crippen molar-refractivity contribution in [2.75, 3.05) is 0 Å². The van der Waals surface area contributed by atoms with Gasteiger partial charge in [-0.1, -0.05) is 19.1 Å². The fraction of sp³-hybridized carbons (Fsp3) is 0.235. The van der Waals surface area contributed by atoms with E-state index in [1.807, 2.05) is 19.9 Å². The van der Waals surface area contributed by atoms with Gasteiger partial charge in [-0.15, -0.1) is 0 Å². The van der Waals surface area contributed by atoms with Gasteiger partial charge in [0.15, 0.2) is 0 Å². The van der Waals surface area contributed by atoms with Gasteiger partial charge in [-0.2, -0.15) is 14.9 Å². The minimum atomic E-state index is -0.325. The molecular weight excluding hydrogens is 292 g/mol. The molecule has 0 atom stereocenters. The topological polar surface area (TPSA) is 94.2 Å². The molecule has 0 saturated heterocycles. The SMILES string of the molecule is CCc1c(C)nn2c(O)c(Cc3ccc(C#N)cc3)c(=O)[nH]c12. The van der Waals surface area contributed by atoms with Gasteiger partial charge in [-0.3, -0.25) is 4.79 Å². The van der Waals surface area contributed by atoms with Crippen molar-refractivity contribution >= 4 is 5.65 Å². The quantitative estimate of drug-likeness (QED) is 0.774. The predicted molar refractivity (Wildman–Crippen MR) is 85.6 cm³/mol. The molecule has 0 aliphatic heterocycles. The fourth-order valence-electron chi connectivity index (χ4n) is 2.74. The number of nitrogens with zero attached hydrogens (tertiary/aromatic N) is 3. The second-order valence-corrected chi connectivity index (χ2v) is 5.42. The average molecular weight is 308 g/mol. The first-order valence-corrected chi connectivity index (χ1v) is 7.36. The number of H-pyrrole nitrogens is 1. The molecule has 23 heavy (non-hydrogen) atoms. The number of aromatic amines is 1. The Morgan fingerprint density at radius 1 is 1.30 bits per heavy atom. The van der Waals surface area contributed by atoms with Crippen LogP contribution in [-0.2, 0) is 12.8 Å². The highest BCUT2D eigenvalue weighted by molar-refractivity contribution is 5.53. The Kier molecular flexibility index (Phi) is 3.62. The largest absolute Gasteiger partial charge is 0.493 e. The van der Waals surface area contributed by atoms with Gasteiger partial charge in [0.05, 0.1) is 22.9 Å². The first-order valence-electron chi connectivity index (χ1n) is 7.36. The summed E-state index contributed by atoms with van der Waals surface area (Å²) in [5.74, 6) is -0.143. The van der Waals surface area contributed by atoms with E-state index in [1.165, 1.54) is 4.52 Å². The monoisotopic (exact) mass is 308 g/mol. The lowest BCUT2D eigenvalue weighted by molar-refractivity contribution is 0.427. The summed E-state index contributed by atoms with van der Waals surface area (Å²) in [5.41, 5.74) is 3.56. The van der Waals surface area contributed by atoms with E-state index in [2.05, 4.69) is 10.1 Å². The number of rotatable bonds is 3. The van der Waals surface area contributed by atoms with E-state index in [1.54, 1.807) is 24.3 Å². The third kappa shape index (κ3) is 2.46. The lowest BCUT2D eigenvalue weighted by Crippen LogP contribution is -2.16. The molecule has 2 aromatic heterocycles. The Balaban J connectivity index is 2.10. The van der Waals surface area contributed by atoms with Gasteiger partial charge in [0.1, 0.15) is 5.65 Å². The van der Waals surface area contributed by atoms with Crippen molar-refractivity contribution in [1.29, 1.82) is 5.26 Å². The normalized spacial score (nSPS) is 10.8. The number of nitriles is 1. The number of aromatic hydroxyl groups is 1. The maximum Gasteiger partial charge on any atom is 0.258 e. The van der Waals surface area contributed by atoms with Gasteiger partial charge >= 0.3 is 0 Å². The number of fused-ring (bicyclic) bond motifs is 1. The summed E-state index contributed by atoms with van der Waals surface area (Å²) < 4.78 is 1.38. The van der Waals surface area contributed by atoms with Crippen molar-refractivity contribution in [1.82, 2.24) is 14.6 Å². The molecule has 3 rings (SSSR count). The minimum absolute atomic E-state index is 0.143. The molecule has 116 valence electrons. The number of aromatic nitrogens is 3. The van der Waals surface area contributed by atoms with E-state index in [-0.39, 0.29) is 23.4 Å².